The highest BCUT2D eigenvalue weighted by molar-refractivity contribution is 8.00. The molecule has 0 fully saturated rings. The lowest BCUT2D eigenvalue weighted by atomic mass is 10.0. The highest BCUT2D eigenvalue weighted by atomic mass is 32.2. The number of nitrogens with two attached hydrogens (primary N) is 1. The average molecular weight is 354 g/mol. The summed E-state index contributed by atoms with van der Waals surface area (Å²) in [7, 11) is 2.02. The van der Waals surface area contributed by atoms with Gasteiger partial charge in [-0.2, -0.15) is 0 Å². The molecule has 0 saturated carbocycles. The molecule has 6 heteroatoms. The quantitative estimate of drug-likeness (QED) is 0.677. The van der Waals surface area contributed by atoms with Crippen LogP contribution in [0.4, 0.5) is 15.9 Å². The van der Waals surface area contributed by atoms with E-state index >= 15 is 0 Å². The summed E-state index contributed by atoms with van der Waals surface area (Å²) in [5.41, 5.74) is 9.27. The summed E-state index contributed by atoms with van der Waals surface area (Å²) >= 11 is 1.71. The number of aromatic nitrogens is 2. The molecule has 0 aliphatic heterocycles. The summed E-state index contributed by atoms with van der Waals surface area (Å²) in [4.78, 5) is 8.12. The van der Waals surface area contributed by atoms with Gasteiger partial charge in [-0.05, 0) is 23.8 Å². The number of rotatable bonds is 5. The Morgan fingerprint density at radius 3 is 2.56 bits per heavy atom. The Morgan fingerprint density at radius 2 is 1.88 bits per heavy atom. The van der Waals surface area contributed by atoms with Gasteiger partial charge in [0.25, 0.3) is 0 Å². The molecular weight excluding hydrogens is 335 g/mol. The van der Waals surface area contributed by atoms with Crippen molar-refractivity contribution >= 4 is 23.5 Å². The summed E-state index contributed by atoms with van der Waals surface area (Å²) in [5, 5.41) is 0. The first-order valence-electron chi connectivity index (χ1n) is 7.93. The standard InChI is InChI=1S/C19H19FN4S/c1-3-25-24(2)18-7-5-4-6-14(18)13-8-9-15(16(20)10-13)17-11-23-19(21)12-22-17/h4-12H,3H2,1-2H3,(H2,21,23). The lowest BCUT2D eigenvalue weighted by Gasteiger charge is -2.21. The van der Waals surface area contributed by atoms with E-state index in [2.05, 4.69) is 21.2 Å². The van der Waals surface area contributed by atoms with Crippen molar-refractivity contribution in [2.75, 3.05) is 22.8 Å². The first-order chi connectivity index (χ1) is 12.1. The highest BCUT2D eigenvalue weighted by Gasteiger charge is 2.13. The molecule has 0 radical (unpaired) electrons. The van der Waals surface area contributed by atoms with Crippen LogP contribution in [0.25, 0.3) is 22.4 Å². The lowest BCUT2D eigenvalue weighted by Crippen LogP contribution is -2.08. The van der Waals surface area contributed by atoms with Crippen molar-refractivity contribution in [2.24, 2.45) is 0 Å². The largest absolute Gasteiger partial charge is 0.382 e. The topological polar surface area (TPSA) is 55.0 Å². The maximum atomic E-state index is 14.7. The first-order valence-corrected chi connectivity index (χ1v) is 8.88. The molecule has 128 valence electrons. The molecule has 0 amide bonds. The van der Waals surface area contributed by atoms with Gasteiger partial charge in [0.1, 0.15) is 11.6 Å². The number of benzene rings is 2. The molecule has 2 N–H and O–H groups in total. The maximum Gasteiger partial charge on any atom is 0.141 e. The van der Waals surface area contributed by atoms with Gasteiger partial charge < -0.3 is 10.0 Å². The molecular formula is C19H19FN4S. The molecule has 0 saturated heterocycles. The average Bonchev–Trinajstić information content (AvgIpc) is 2.63. The van der Waals surface area contributed by atoms with Gasteiger partial charge in [0, 0.05) is 23.9 Å². The molecule has 0 aliphatic carbocycles. The Kier molecular flexibility index (Phi) is 5.19. The molecule has 0 spiro atoms. The minimum atomic E-state index is -0.336. The molecule has 0 unspecified atom stereocenters. The normalized spacial score (nSPS) is 10.7. The zero-order valence-electron chi connectivity index (χ0n) is 14.1. The van der Waals surface area contributed by atoms with Crippen LogP contribution in [-0.4, -0.2) is 22.8 Å². The van der Waals surface area contributed by atoms with Crippen LogP contribution < -0.4 is 10.0 Å². The summed E-state index contributed by atoms with van der Waals surface area (Å²) in [6.45, 7) is 2.10. The zero-order valence-corrected chi connectivity index (χ0v) is 14.9. The molecule has 3 aromatic rings. The van der Waals surface area contributed by atoms with Gasteiger partial charge in [-0.25, -0.2) is 9.37 Å². The fourth-order valence-corrected chi connectivity index (χ4v) is 3.31. The monoisotopic (exact) mass is 354 g/mol. The van der Waals surface area contributed by atoms with Crippen molar-refractivity contribution < 1.29 is 4.39 Å². The van der Waals surface area contributed by atoms with Crippen molar-refractivity contribution in [3.8, 4) is 22.4 Å². The summed E-state index contributed by atoms with van der Waals surface area (Å²) in [6.07, 6.45) is 2.90. The molecule has 1 heterocycles. The lowest BCUT2D eigenvalue weighted by molar-refractivity contribution is 0.631. The maximum absolute atomic E-state index is 14.7. The number of hydrogen-bond donors (Lipinski definition) is 1. The summed E-state index contributed by atoms with van der Waals surface area (Å²) in [6, 6.07) is 13.2. The van der Waals surface area contributed by atoms with Crippen LogP contribution in [-0.2, 0) is 0 Å². The van der Waals surface area contributed by atoms with Gasteiger partial charge in [-0.1, -0.05) is 43.1 Å². The van der Waals surface area contributed by atoms with E-state index in [4.69, 9.17) is 5.73 Å². The van der Waals surface area contributed by atoms with Crippen molar-refractivity contribution in [3.63, 3.8) is 0 Å². The van der Waals surface area contributed by atoms with E-state index in [0.29, 0.717) is 17.1 Å². The number of nitrogen functional groups attached to an aromatic ring is 1. The van der Waals surface area contributed by atoms with Crippen LogP contribution in [0.15, 0.2) is 54.9 Å². The van der Waals surface area contributed by atoms with Gasteiger partial charge in [-0.3, -0.25) is 4.98 Å². The molecule has 0 bridgehead atoms. The van der Waals surface area contributed by atoms with Gasteiger partial charge in [0.15, 0.2) is 0 Å². The van der Waals surface area contributed by atoms with Crippen LogP contribution in [0.1, 0.15) is 6.92 Å². The van der Waals surface area contributed by atoms with Crippen molar-refractivity contribution in [2.45, 2.75) is 6.92 Å². The van der Waals surface area contributed by atoms with E-state index < -0.39 is 0 Å². The van der Waals surface area contributed by atoms with E-state index in [9.17, 15) is 4.39 Å². The number of para-hydroxylation sites is 1. The Hall–Kier alpha value is -2.60. The Labute approximate surface area is 151 Å². The molecule has 1 aromatic heterocycles. The van der Waals surface area contributed by atoms with Crippen LogP contribution >= 0.6 is 11.9 Å². The third-order valence-corrected chi connectivity index (χ3v) is 4.64. The van der Waals surface area contributed by atoms with Gasteiger partial charge in [0.05, 0.1) is 23.8 Å². The van der Waals surface area contributed by atoms with Crippen LogP contribution in [0.2, 0.25) is 0 Å². The van der Waals surface area contributed by atoms with Crippen molar-refractivity contribution in [3.05, 3.63) is 60.7 Å². The smallest absolute Gasteiger partial charge is 0.141 e. The van der Waals surface area contributed by atoms with E-state index in [1.165, 1.54) is 18.5 Å². The minimum absolute atomic E-state index is 0.311. The Balaban J connectivity index is 2.00. The Morgan fingerprint density at radius 1 is 1.08 bits per heavy atom. The number of halogens is 1. The number of hydrogen-bond acceptors (Lipinski definition) is 5. The van der Waals surface area contributed by atoms with Gasteiger partial charge in [-0.15, -0.1) is 0 Å². The van der Waals surface area contributed by atoms with Crippen LogP contribution in [0.5, 0.6) is 0 Å². The third kappa shape index (κ3) is 3.74. The van der Waals surface area contributed by atoms with Crippen LogP contribution in [0.3, 0.4) is 0 Å². The van der Waals surface area contributed by atoms with Gasteiger partial charge in [0.2, 0.25) is 0 Å². The highest BCUT2D eigenvalue weighted by Crippen LogP contribution is 2.35. The molecule has 0 atom stereocenters. The van der Waals surface area contributed by atoms with E-state index in [0.717, 1.165) is 22.6 Å². The predicted molar refractivity (Wildman–Crippen MR) is 104 cm³/mol. The van der Waals surface area contributed by atoms with E-state index in [1.54, 1.807) is 18.0 Å². The second-order valence-electron chi connectivity index (χ2n) is 5.45. The zero-order chi connectivity index (χ0) is 17.8. The fourth-order valence-electron chi connectivity index (χ4n) is 2.62. The Bertz CT molecular complexity index is 868. The molecule has 25 heavy (non-hydrogen) atoms. The van der Waals surface area contributed by atoms with E-state index in [1.807, 2.05) is 37.4 Å². The molecule has 2 aromatic carbocycles. The van der Waals surface area contributed by atoms with Crippen molar-refractivity contribution in [1.82, 2.24) is 9.97 Å². The second kappa shape index (κ2) is 7.53. The molecule has 0 aliphatic rings. The third-order valence-electron chi connectivity index (χ3n) is 3.79. The summed E-state index contributed by atoms with van der Waals surface area (Å²) < 4.78 is 16.8. The van der Waals surface area contributed by atoms with E-state index in [-0.39, 0.29) is 5.82 Å². The SMILES string of the molecule is CCSN(C)c1ccccc1-c1ccc(-c2cnc(N)cn2)c(F)c1. The number of nitrogens with zero attached hydrogens (tertiary/aromatic N) is 3. The minimum Gasteiger partial charge on any atom is -0.382 e. The summed E-state index contributed by atoms with van der Waals surface area (Å²) in [5.74, 6) is 0.942. The first kappa shape index (κ1) is 17.2. The van der Waals surface area contributed by atoms with Gasteiger partial charge >= 0.3 is 0 Å². The fraction of sp³-hybridized carbons (Fsp3) is 0.158. The molecule has 3 rings (SSSR count). The molecule has 4 nitrogen and oxygen atoms in total. The van der Waals surface area contributed by atoms with Crippen LogP contribution in [0, 0.1) is 5.82 Å². The second-order valence-corrected chi connectivity index (χ2v) is 6.84. The number of anilines is 2. The predicted octanol–water partition coefficient (Wildman–Crippen LogP) is 4.64. The van der Waals surface area contributed by atoms with Crippen molar-refractivity contribution in [1.29, 1.82) is 0 Å².